The minimum absolute atomic E-state index is 0.110. The first kappa shape index (κ1) is 21.1. The maximum Gasteiger partial charge on any atom is 0.419 e. The first-order valence-corrected chi connectivity index (χ1v) is 9.60. The molecule has 9 heteroatoms. The standard InChI is InChI=1S/C21H25N5O4/c1-25(2)12-13-26-17-14-16(8-9-18(17)30-21(26)29)23-19(27)10-11-22-20(28)24-15-6-4-3-5-7-15/h3-9,14H,10-13H2,1-2H3,(H,23,27)(H2,22,24,28). The van der Waals surface area contributed by atoms with Gasteiger partial charge in [0, 0.05) is 37.4 Å². The van der Waals surface area contributed by atoms with Crippen LogP contribution in [0.5, 0.6) is 0 Å². The number of amides is 3. The molecule has 3 rings (SSSR count). The molecular formula is C21H25N5O4. The third kappa shape index (κ3) is 5.71. The van der Waals surface area contributed by atoms with Crippen LogP contribution in [0.1, 0.15) is 6.42 Å². The molecule has 1 heterocycles. The van der Waals surface area contributed by atoms with E-state index in [2.05, 4.69) is 16.0 Å². The molecule has 0 unspecified atom stereocenters. The molecule has 0 aliphatic rings. The third-order valence-electron chi connectivity index (χ3n) is 4.39. The van der Waals surface area contributed by atoms with E-state index >= 15 is 0 Å². The molecule has 30 heavy (non-hydrogen) atoms. The van der Waals surface area contributed by atoms with Crippen molar-refractivity contribution in [3.63, 3.8) is 0 Å². The predicted molar refractivity (Wildman–Crippen MR) is 116 cm³/mol. The lowest BCUT2D eigenvalue weighted by Gasteiger charge is -2.10. The largest absolute Gasteiger partial charge is 0.419 e. The summed E-state index contributed by atoms with van der Waals surface area (Å²) in [7, 11) is 3.85. The van der Waals surface area contributed by atoms with E-state index < -0.39 is 5.76 Å². The van der Waals surface area contributed by atoms with Gasteiger partial charge in [-0.3, -0.25) is 9.36 Å². The van der Waals surface area contributed by atoms with Crippen LogP contribution in [-0.4, -0.2) is 48.6 Å². The Morgan fingerprint density at radius 2 is 1.80 bits per heavy atom. The number of oxazole rings is 1. The second-order valence-electron chi connectivity index (χ2n) is 7.05. The van der Waals surface area contributed by atoms with Gasteiger partial charge in [-0.25, -0.2) is 9.59 Å². The van der Waals surface area contributed by atoms with E-state index in [1.807, 2.05) is 37.2 Å². The molecule has 3 amide bonds. The van der Waals surface area contributed by atoms with Gasteiger partial charge in [-0.15, -0.1) is 0 Å². The summed E-state index contributed by atoms with van der Waals surface area (Å²) in [6, 6.07) is 13.7. The topological polar surface area (TPSA) is 109 Å². The van der Waals surface area contributed by atoms with Crippen LogP contribution < -0.4 is 21.7 Å². The van der Waals surface area contributed by atoms with Crippen LogP contribution in [0.3, 0.4) is 0 Å². The lowest BCUT2D eigenvalue weighted by molar-refractivity contribution is -0.116. The van der Waals surface area contributed by atoms with Crippen molar-refractivity contribution in [2.45, 2.75) is 13.0 Å². The summed E-state index contributed by atoms with van der Waals surface area (Å²) in [5.41, 5.74) is 2.32. The van der Waals surface area contributed by atoms with E-state index in [1.54, 1.807) is 34.9 Å². The first-order chi connectivity index (χ1) is 14.4. The van der Waals surface area contributed by atoms with Crippen molar-refractivity contribution in [1.82, 2.24) is 14.8 Å². The maximum absolute atomic E-state index is 12.2. The van der Waals surface area contributed by atoms with Crippen LogP contribution in [-0.2, 0) is 11.3 Å². The number of aromatic nitrogens is 1. The number of carbonyl (C=O) groups excluding carboxylic acids is 2. The number of fused-ring (bicyclic) bond motifs is 1. The van der Waals surface area contributed by atoms with Crippen molar-refractivity contribution >= 4 is 34.4 Å². The van der Waals surface area contributed by atoms with Gasteiger partial charge < -0.3 is 25.3 Å². The average Bonchev–Trinajstić information content (AvgIpc) is 3.01. The fourth-order valence-electron chi connectivity index (χ4n) is 2.86. The molecule has 3 aromatic rings. The lowest BCUT2D eigenvalue weighted by atomic mass is 10.2. The van der Waals surface area contributed by atoms with Gasteiger partial charge in [0.05, 0.1) is 5.52 Å². The Morgan fingerprint density at radius 1 is 1.03 bits per heavy atom. The molecular weight excluding hydrogens is 386 g/mol. The zero-order chi connectivity index (χ0) is 21.5. The van der Waals surface area contributed by atoms with Gasteiger partial charge >= 0.3 is 11.8 Å². The average molecular weight is 411 g/mol. The molecule has 1 aromatic heterocycles. The normalized spacial score (nSPS) is 10.9. The van der Waals surface area contributed by atoms with Crippen molar-refractivity contribution in [3.05, 3.63) is 59.1 Å². The van der Waals surface area contributed by atoms with Crippen molar-refractivity contribution in [1.29, 1.82) is 0 Å². The molecule has 158 valence electrons. The molecule has 0 aliphatic carbocycles. The summed E-state index contributed by atoms with van der Waals surface area (Å²) < 4.78 is 6.80. The van der Waals surface area contributed by atoms with Gasteiger partial charge in [-0.1, -0.05) is 18.2 Å². The quantitative estimate of drug-likeness (QED) is 0.527. The van der Waals surface area contributed by atoms with Gasteiger partial charge in [0.1, 0.15) is 0 Å². The first-order valence-electron chi connectivity index (χ1n) is 9.60. The molecule has 0 saturated carbocycles. The van der Waals surface area contributed by atoms with E-state index in [-0.39, 0.29) is 24.9 Å². The summed E-state index contributed by atoms with van der Waals surface area (Å²) in [6.07, 6.45) is 0.110. The highest BCUT2D eigenvalue weighted by molar-refractivity contribution is 5.94. The Labute approximate surface area is 173 Å². The summed E-state index contributed by atoms with van der Waals surface area (Å²) in [4.78, 5) is 38.1. The highest BCUT2D eigenvalue weighted by atomic mass is 16.4. The summed E-state index contributed by atoms with van der Waals surface area (Å²) in [6.45, 7) is 1.35. The van der Waals surface area contributed by atoms with Crippen LogP contribution in [0.2, 0.25) is 0 Å². The molecule has 0 atom stereocenters. The van der Waals surface area contributed by atoms with Crippen LogP contribution in [0.15, 0.2) is 57.7 Å². The lowest BCUT2D eigenvalue weighted by Crippen LogP contribution is -2.31. The molecule has 9 nitrogen and oxygen atoms in total. The van der Waals surface area contributed by atoms with Gasteiger partial charge in [0.15, 0.2) is 5.58 Å². The zero-order valence-electron chi connectivity index (χ0n) is 17.0. The molecule has 0 fully saturated rings. The second-order valence-corrected chi connectivity index (χ2v) is 7.05. The number of carbonyl (C=O) groups is 2. The number of urea groups is 1. The van der Waals surface area contributed by atoms with Crippen molar-refractivity contribution in [3.8, 4) is 0 Å². The highest BCUT2D eigenvalue weighted by Crippen LogP contribution is 2.18. The van der Waals surface area contributed by atoms with E-state index in [0.29, 0.717) is 35.6 Å². The second kappa shape index (κ2) is 9.75. The summed E-state index contributed by atoms with van der Waals surface area (Å²) in [5.74, 6) is -0.677. The summed E-state index contributed by atoms with van der Waals surface area (Å²) in [5, 5.41) is 8.11. The number of benzene rings is 2. The number of hydrogen-bond acceptors (Lipinski definition) is 5. The molecule has 3 N–H and O–H groups in total. The minimum atomic E-state index is -0.427. The Balaban J connectivity index is 1.54. The van der Waals surface area contributed by atoms with Crippen LogP contribution >= 0.6 is 0 Å². The van der Waals surface area contributed by atoms with Crippen molar-refractivity contribution < 1.29 is 14.0 Å². The van der Waals surface area contributed by atoms with Gasteiger partial charge in [-0.2, -0.15) is 0 Å². The molecule has 0 saturated heterocycles. The number of likely N-dealkylation sites (N-methyl/N-ethyl adjacent to an activating group) is 1. The predicted octanol–water partition coefficient (Wildman–Crippen LogP) is 2.31. The molecule has 0 spiro atoms. The van der Waals surface area contributed by atoms with E-state index in [4.69, 9.17) is 4.42 Å². The van der Waals surface area contributed by atoms with E-state index in [1.165, 1.54) is 0 Å². The fourth-order valence-corrected chi connectivity index (χ4v) is 2.86. The van der Waals surface area contributed by atoms with Crippen LogP contribution in [0.4, 0.5) is 16.2 Å². The minimum Gasteiger partial charge on any atom is -0.408 e. The third-order valence-corrected chi connectivity index (χ3v) is 4.39. The smallest absolute Gasteiger partial charge is 0.408 e. The van der Waals surface area contributed by atoms with Crippen LogP contribution in [0.25, 0.3) is 11.1 Å². The number of nitrogens with one attached hydrogen (secondary N) is 3. The summed E-state index contributed by atoms with van der Waals surface area (Å²) >= 11 is 0. The number of anilines is 2. The van der Waals surface area contributed by atoms with Crippen molar-refractivity contribution in [2.75, 3.05) is 37.8 Å². The Hall–Kier alpha value is -3.59. The Morgan fingerprint density at radius 3 is 2.53 bits per heavy atom. The van der Waals surface area contributed by atoms with E-state index in [0.717, 1.165) is 0 Å². The van der Waals surface area contributed by atoms with Gasteiger partial charge in [-0.05, 0) is 44.4 Å². The van der Waals surface area contributed by atoms with Gasteiger partial charge in [0.2, 0.25) is 5.91 Å². The Kier molecular flexibility index (Phi) is 6.87. The number of nitrogens with zero attached hydrogens (tertiary/aromatic N) is 2. The van der Waals surface area contributed by atoms with Gasteiger partial charge in [0.25, 0.3) is 0 Å². The zero-order valence-corrected chi connectivity index (χ0v) is 17.0. The monoisotopic (exact) mass is 411 g/mol. The number of hydrogen-bond donors (Lipinski definition) is 3. The molecule has 0 radical (unpaired) electrons. The molecule has 0 aliphatic heterocycles. The SMILES string of the molecule is CN(C)CCn1c(=O)oc2ccc(NC(=O)CCNC(=O)Nc3ccccc3)cc21. The van der Waals surface area contributed by atoms with Crippen LogP contribution in [0, 0.1) is 0 Å². The highest BCUT2D eigenvalue weighted by Gasteiger charge is 2.11. The van der Waals surface area contributed by atoms with Crippen molar-refractivity contribution in [2.24, 2.45) is 0 Å². The molecule has 0 bridgehead atoms. The Bertz CT molecular complexity index is 1070. The van der Waals surface area contributed by atoms with E-state index in [9.17, 15) is 14.4 Å². The maximum atomic E-state index is 12.2. The number of rotatable bonds is 8. The molecule has 2 aromatic carbocycles. The number of para-hydroxylation sites is 1. The fraction of sp³-hybridized carbons (Fsp3) is 0.286.